The van der Waals surface area contributed by atoms with Crippen molar-refractivity contribution in [1.82, 2.24) is 19.7 Å². The third kappa shape index (κ3) is 1.88. The summed E-state index contributed by atoms with van der Waals surface area (Å²) >= 11 is 0. The number of aryl methyl sites for hydroxylation is 1. The Kier molecular flexibility index (Phi) is 2.60. The normalized spacial score (nSPS) is 11.0. The van der Waals surface area contributed by atoms with Gasteiger partial charge in [0.25, 0.3) is 0 Å². The lowest BCUT2D eigenvalue weighted by Gasteiger charge is -2.03. The van der Waals surface area contributed by atoms with E-state index in [9.17, 15) is 0 Å². The molecular formula is C11H15N5. The predicted molar refractivity (Wildman–Crippen MR) is 62.4 cm³/mol. The molecule has 0 unspecified atom stereocenters. The fourth-order valence-corrected chi connectivity index (χ4v) is 1.44. The lowest BCUT2D eigenvalue weighted by molar-refractivity contribution is 0.758. The molecule has 5 heteroatoms. The monoisotopic (exact) mass is 217 g/mol. The molecule has 0 radical (unpaired) electrons. The fraction of sp³-hybridized carbons (Fsp3) is 0.364. The molecule has 2 heterocycles. The van der Waals surface area contributed by atoms with Gasteiger partial charge in [0.15, 0.2) is 5.82 Å². The lowest BCUT2D eigenvalue weighted by atomic mass is 10.1. The first-order valence-corrected chi connectivity index (χ1v) is 5.22. The molecule has 0 atom stereocenters. The molecule has 0 spiro atoms. The highest BCUT2D eigenvalue weighted by Gasteiger charge is 2.10. The van der Waals surface area contributed by atoms with E-state index in [1.165, 1.54) is 6.33 Å². The van der Waals surface area contributed by atoms with Crippen molar-refractivity contribution in [2.24, 2.45) is 0 Å². The number of nitrogens with zero attached hydrogens (tertiary/aromatic N) is 4. The van der Waals surface area contributed by atoms with Crippen molar-refractivity contribution in [2.45, 2.75) is 26.7 Å². The number of nitrogens with two attached hydrogens (primary N) is 1. The molecule has 2 N–H and O–H groups in total. The Morgan fingerprint density at radius 2 is 2.00 bits per heavy atom. The van der Waals surface area contributed by atoms with Crippen LogP contribution >= 0.6 is 0 Å². The maximum absolute atomic E-state index is 5.90. The molecule has 0 aliphatic carbocycles. The second kappa shape index (κ2) is 3.92. The largest absolute Gasteiger partial charge is 0.384 e. The van der Waals surface area contributed by atoms with Crippen molar-refractivity contribution in [1.29, 1.82) is 0 Å². The highest BCUT2D eigenvalue weighted by molar-refractivity contribution is 5.40. The predicted octanol–water partition coefficient (Wildman–Crippen LogP) is 1.68. The standard InChI is InChI=1S/C11H15N5/c1-7(2)9-5-10(12)16(15-9)11-4-8(3)13-6-14-11/h4-7H,12H2,1-3H3. The molecule has 2 aromatic rings. The average molecular weight is 217 g/mol. The maximum Gasteiger partial charge on any atom is 0.159 e. The molecule has 0 bridgehead atoms. The summed E-state index contributed by atoms with van der Waals surface area (Å²) in [4.78, 5) is 8.20. The molecule has 0 aliphatic rings. The minimum atomic E-state index is 0.353. The second-order valence-electron chi connectivity index (χ2n) is 4.08. The molecule has 2 rings (SSSR count). The van der Waals surface area contributed by atoms with Gasteiger partial charge >= 0.3 is 0 Å². The van der Waals surface area contributed by atoms with Crippen LogP contribution in [-0.2, 0) is 0 Å². The Bertz CT molecular complexity index is 501. The molecule has 2 aromatic heterocycles. The van der Waals surface area contributed by atoms with Crippen LogP contribution in [0.25, 0.3) is 5.82 Å². The summed E-state index contributed by atoms with van der Waals surface area (Å²) in [5.74, 6) is 1.66. The third-order valence-electron chi connectivity index (χ3n) is 2.35. The first kappa shape index (κ1) is 10.6. The van der Waals surface area contributed by atoms with Gasteiger partial charge in [0.1, 0.15) is 12.1 Å². The van der Waals surface area contributed by atoms with E-state index in [0.29, 0.717) is 17.6 Å². The van der Waals surface area contributed by atoms with Gasteiger partial charge in [-0.05, 0) is 12.8 Å². The van der Waals surface area contributed by atoms with Gasteiger partial charge in [-0.3, -0.25) is 0 Å². The maximum atomic E-state index is 5.90. The highest BCUT2D eigenvalue weighted by atomic mass is 15.3. The highest BCUT2D eigenvalue weighted by Crippen LogP contribution is 2.18. The van der Waals surface area contributed by atoms with Gasteiger partial charge in [-0.25, -0.2) is 9.97 Å². The van der Waals surface area contributed by atoms with Crippen molar-refractivity contribution in [3.8, 4) is 5.82 Å². The van der Waals surface area contributed by atoms with Crippen LogP contribution in [0.2, 0.25) is 0 Å². The topological polar surface area (TPSA) is 69.6 Å². The van der Waals surface area contributed by atoms with Crippen molar-refractivity contribution in [3.05, 3.63) is 29.8 Å². The van der Waals surface area contributed by atoms with Gasteiger partial charge in [-0.1, -0.05) is 13.8 Å². The van der Waals surface area contributed by atoms with Gasteiger partial charge in [0.2, 0.25) is 0 Å². The van der Waals surface area contributed by atoms with Crippen molar-refractivity contribution >= 4 is 5.82 Å². The second-order valence-corrected chi connectivity index (χ2v) is 4.08. The SMILES string of the molecule is Cc1cc(-n2nc(C(C)C)cc2N)ncn1. The van der Waals surface area contributed by atoms with Crippen LogP contribution in [0, 0.1) is 6.92 Å². The number of nitrogen functional groups attached to an aromatic ring is 1. The lowest BCUT2D eigenvalue weighted by Crippen LogP contribution is -2.05. The number of anilines is 1. The summed E-state index contributed by atoms with van der Waals surface area (Å²) in [5.41, 5.74) is 7.76. The van der Waals surface area contributed by atoms with Crippen LogP contribution in [0.15, 0.2) is 18.5 Å². The minimum absolute atomic E-state index is 0.353. The van der Waals surface area contributed by atoms with Gasteiger partial charge in [-0.15, -0.1) is 0 Å². The molecule has 0 amide bonds. The van der Waals surface area contributed by atoms with Gasteiger partial charge < -0.3 is 5.73 Å². The Morgan fingerprint density at radius 1 is 1.25 bits per heavy atom. The van der Waals surface area contributed by atoms with E-state index >= 15 is 0 Å². The number of aromatic nitrogens is 4. The smallest absolute Gasteiger partial charge is 0.159 e. The van der Waals surface area contributed by atoms with Crippen LogP contribution in [0.5, 0.6) is 0 Å². The summed E-state index contributed by atoms with van der Waals surface area (Å²) in [6.45, 7) is 6.07. The zero-order valence-electron chi connectivity index (χ0n) is 9.68. The third-order valence-corrected chi connectivity index (χ3v) is 2.35. The first-order chi connectivity index (χ1) is 7.58. The van der Waals surface area contributed by atoms with E-state index in [2.05, 4.69) is 28.9 Å². The van der Waals surface area contributed by atoms with E-state index in [0.717, 1.165) is 11.4 Å². The van der Waals surface area contributed by atoms with E-state index < -0.39 is 0 Å². The zero-order valence-corrected chi connectivity index (χ0v) is 9.68. The van der Waals surface area contributed by atoms with Crippen molar-refractivity contribution in [3.63, 3.8) is 0 Å². The van der Waals surface area contributed by atoms with Crippen LogP contribution < -0.4 is 5.73 Å². The van der Waals surface area contributed by atoms with Crippen LogP contribution in [0.3, 0.4) is 0 Å². The Morgan fingerprint density at radius 3 is 2.56 bits per heavy atom. The van der Waals surface area contributed by atoms with E-state index in [4.69, 9.17) is 5.73 Å². The Balaban J connectivity index is 2.48. The summed E-state index contributed by atoms with van der Waals surface area (Å²) in [6.07, 6.45) is 1.51. The minimum Gasteiger partial charge on any atom is -0.384 e. The fourth-order valence-electron chi connectivity index (χ4n) is 1.44. The first-order valence-electron chi connectivity index (χ1n) is 5.22. The molecule has 0 fully saturated rings. The summed E-state index contributed by atoms with van der Waals surface area (Å²) in [7, 11) is 0. The molecule has 5 nitrogen and oxygen atoms in total. The number of hydrogen-bond donors (Lipinski definition) is 1. The van der Waals surface area contributed by atoms with Crippen LogP contribution in [0.1, 0.15) is 31.2 Å². The van der Waals surface area contributed by atoms with Gasteiger partial charge in [0.05, 0.1) is 5.69 Å². The van der Waals surface area contributed by atoms with Crippen molar-refractivity contribution in [2.75, 3.05) is 5.73 Å². The number of hydrogen-bond acceptors (Lipinski definition) is 4. The number of rotatable bonds is 2. The van der Waals surface area contributed by atoms with Crippen LogP contribution in [0.4, 0.5) is 5.82 Å². The summed E-state index contributed by atoms with van der Waals surface area (Å²) in [6, 6.07) is 3.73. The molecule has 84 valence electrons. The van der Waals surface area contributed by atoms with Gasteiger partial charge in [-0.2, -0.15) is 9.78 Å². The molecule has 0 saturated carbocycles. The van der Waals surface area contributed by atoms with Crippen molar-refractivity contribution < 1.29 is 0 Å². The summed E-state index contributed by atoms with van der Waals surface area (Å²) < 4.78 is 1.64. The average Bonchev–Trinajstić information content (AvgIpc) is 2.60. The molecule has 0 aromatic carbocycles. The molecule has 16 heavy (non-hydrogen) atoms. The Labute approximate surface area is 94.3 Å². The summed E-state index contributed by atoms with van der Waals surface area (Å²) in [5, 5.41) is 4.42. The van der Waals surface area contributed by atoms with E-state index in [1.54, 1.807) is 4.68 Å². The van der Waals surface area contributed by atoms with Crippen LogP contribution in [-0.4, -0.2) is 19.7 Å². The van der Waals surface area contributed by atoms with E-state index in [-0.39, 0.29) is 0 Å². The van der Waals surface area contributed by atoms with E-state index in [1.807, 2.05) is 19.1 Å². The molecule has 0 aliphatic heterocycles. The molecular weight excluding hydrogens is 202 g/mol. The quantitative estimate of drug-likeness (QED) is 0.830. The molecule has 0 saturated heterocycles. The Hall–Kier alpha value is -1.91. The van der Waals surface area contributed by atoms with Gasteiger partial charge in [0, 0.05) is 17.8 Å². The zero-order chi connectivity index (χ0) is 11.7.